The van der Waals surface area contributed by atoms with E-state index in [0.29, 0.717) is 28.4 Å². The summed E-state index contributed by atoms with van der Waals surface area (Å²) in [6, 6.07) is 9.48. The molecule has 0 aliphatic carbocycles. The van der Waals surface area contributed by atoms with Crippen LogP contribution in [0.1, 0.15) is 40.4 Å². The van der Waals surface area contributed by atoms with Crippen molar-refractivity contribution in [2.75, 3.05) is 7.11 Å². The van der Waals surface area contributed by atoms with Crippen molar-refractivity contribution in [2.45, 2.75) is 51.4 Å². The van der Waals surface area contributed by atoms with Gasteiger partial charge in [-0.25, -0.2) is 4.98 Å². The number of hydrazone groups is 1. The number of nitrogens with zero attached hydrogens (tertiary/aromatic N) is 3. The fourth-order valence-corrected chi connectivity index (χ4v) is 4.31. The number of carbonyl (C=O) groups is 1. The number of rotatable bonds is 6. The van der Waals surface area contributed by atoms with Crippen LogP contribution in [0.15, 0.2) is 35.4 Å². The summed E-state index contributed by atoms with van der Waals surface area (Å²) in [5.41, 5.74) is -1.01. The zero-order valence-corrected chi connectivity index (χ0v) is 17.2. The molecule has 0 radical (unpaired) electrons. The van der Waals surface area contributed by atoms with Crippen molar-refractivity contribution < 1.29 is 22.7 Å². The van der Waals surface area contributed by atoms with Gasteiger partial charge in [-0.05, 0) is 32.3 Å². The summed E-state index contributed by atoms with van der Waals surface area (Å²) in [5, 5.41) is 5.29. The van der Waals surface area contributed by atoms with E-state index in [-0.39, 0.29) is 12.1 Å². The maximum absolute atomic E-state index is 14.0. The van der Waals surface area contributed by atoms with Gasteiger partial charge in [0.1, 0.15) is 0 Å². The van der Waals surface area contributed by atoms with Crippen molar-refractivity contribution in [1.82, 2.24) is 9.99 Å². The highest BCUT2D eigenvalue weighted by molar-refractivity contribution is 7.13. The van der Waals surface area contributed by atoms with E-state index in [1.807, 2.05) is 30.3 Å². The molecule has 0 spiro atoms. The summed E-state index contributed by atoms with van der Waals surface area (Å²) in [6.45, 7) is 3.49. The monoisotopic (exact) mass is 425 g/mol. The van der Waals surface area contributed by atoms with Crippen LogP contribution < -0.4 is 0 Å². The number of amides is 1. The third-order valence-electron chi connectivity index (χ3n) is 4.85. The Morgan fingerprint density at radius 3 is 2.52 bits per heavy atom. The quantitative estimate of drug-likeness (QED) is 0.678. The van der Waals surface area contributed by atoms with Gasteiger partial charge in [0.15, 0.2) is 0 Å². The number of thiazole rings is 1. The van der Waals surface area contributed by atoms with Crippen molar-refractivity contribution >= 4 is 23.0 Å². The predicted molar refractivity (Wildman–Crippen MR) is 105 cm³/mol. The van der Waals surface area contributed by atoms with E-state index in [9.17, 15) is 18.0 Å². The molecule has 5 nitrogen and oxygen atoms in total. The molecule has 156 valence electrons. The van der Waals surface area contributed by atoms with Crippen LogP contribution in [0.3, 0.4) is 0 Å². The molecule has 9 heteroatoms. The van der Waals surface area contributed by atoms with E-state index in [1.54, 1.807) is 13.8 Å². The van der Waals surface area contributed by atoms with Crippen molar-refractivity contribution in [3.05, 3.63) is 51.5 Å². The Balaban J connectivity index is 1.84. The number of benzene rings is 1. The van der Waals surface area contributed by atoms with Gasteiger partial charge in [-0.2, -0.15) is 23.3 Å². The Kier molecular flexibility index (Phi) is 6.09. The summed E-state index contributed by atoms with van der Waals surface area (Å²) in [6.07, 6.45) is -4.40. The third-order valence-corrected chi connectivity index (χ3v) is 5.97. The lowest BCUT2D eigenvalue weighted by Crippen LogP contribution is -2.58. The first-order chi connectivity index (χ1) is 13.7. The average Bonchev–Trinajstić information content (AvgIpc) is 3.22. The van der Waals surface area contributed by atoms with Crippen LogP contribution in [0, 0.1) is 13.8 Å². The second-order valence-corrected chi connectivity index (χ2v) is 8.11. The Morgan fingerprint density at radius 1 is 1.28 bits per heavy atom. The van der Waals surface area contributed by atoms with E-state index in [0.717, 1.165) is 17.7 Å². The van der Waals surface area contributed by atoms with E-state index >= 15 is 0 Å². The Morgan fingerprint density at radius 2 is 1.97 bits per heavy atom. The van der Waals surface area contributed by atoms with Crippen LogP contribution in [0.2, 0.25) is 0 Å². The lowest BCUT2D eigenvalue weighted by Gasteiger charge is -2.36. The van der Waals surface area contributed by atoms with Gasteiger partial charge in [-0.3, -0.25) is 4.79 Å². The molecule has 1 unspecified atom stereocenters. The standard InChI is InChI=1S/C20H22F3N3O2S/c1-13-18(29-14(2)24-13)16-12-19(28-3,20(21,22)23)26(25-16)17(27)11-7-10-15-8-5-4-6-9-15/h4-6,8-9H,7,10-12H2,1-3H3. The number of aryl methyl sites for hydroxylation is 3. The number of methoxy groups -OCH3 is 1. The van der Waals surface area contributed by atoms with E-state index in [1.165, 1.54) is 11.3 Å². The van der Waals surface area contributed by atoms with Gasteiger partial charge in [0.2, 0.25) is 5.91 Å². The fourth-order valence-electron chi connectivity index (χ4n) is 3.41. The minimum absolute atomic E-state index is 0.0619. The number of ether oxygens (including phenoxy) is 1. The summed E-state index contributed by atoms with van der Waals surface area (Å²) in [7, 11) is 0.959. The molecular formula is C20H22F3N3O2S. The van der Waals surface area contributed by atoms with E-state index in [2.05, 4.69) is 10.1 Å². The molecule has 0 saturated heterocycles. The molecule has 3 rings (SSSR count). The van der Waals surface area contributed by atoms with Gasteiger partial charge in [0, 0.05) is 13.5 Å². The predicted octanol–water partition coefficient (Wildman–Crippen LogP) is 4.62. The lowest BCUT2D eigenvalue weighted by atomic mass is 10.0. The first kappa shape index (κ1) is 21.4. The van der Waals surface area contributed by atoms with Gasteiger partial charge in [-0.1, -0.05) is 30.3 Å². The third kappa shape index (κ3) is 4.20. The Hall–Kier alpha value is -2.26. The molecule has 2 heterocycles. The average molecular weight is 425 g/mol. The summed E-state index contributed by atoms with van der Waals surface area (Å²) in [4.78, 5) is 17.6. The summed E-state index contributed by atoms with van der Waals surface area (Å²) < 4.78 is 46.9. The number of carbonyl (C=O) groups excluding carboxylic acids is 1. The molecule has 1 aromatic carbocycles. The Labute approximate surface area is 171 Å². The maximum Gasteiger partial charge on any atom is 0.439 e. The lowest BCUT2D eigenvalue weighted by molar-refractivity contribution is -0.311. The second kappa shape index (κ2) is 8.23. The molecule has 1 amide bonds. The molecule has 0 saturated carbocycles. The summed E-state index contributed by atoms with van der Waals surface area (Å²) >= 11 is 1.26. The molecular weight excluding hydrogens is 403 g/mol. The summed E-state index contributed by atoms with van der Waals surface area (Å²) in [5.74, 6) is -0.714. The highest BCUT2D eigenvalue weighted by Crippen LogP contribution is 2.45. The Bertz CT molecular complexity index is 911. The molecule has 1 aliphatic rings. The van der Waals surface area contributed by atoms with E-state index < -0.39 is 24.2 Å². The largest absolute Gasteiger partial charge is 0.439 e. The SMILES string of the molecule is COC1(C(F)(F)F)CC(c2sc(C)nc2C)=NN1C(=O)CCCc1ccccc1. The molecule has 2 aromatic rings. The second-order valence-electron chi connectivity index (χ2n) is 6.90. The molecule has 1 atom stereocenters. The van der Waals surface area contributed by atoms with Gasteiger partial charge in [-0.15, -0.1) is 11.3 Å². The number of alkyl halides is 3. The van der Waals surface area contributed by atoms with Crippen molar-refractivity contribution in [3.63, 3.8) is 0 Å². The maximum atomic E-state index is 14.0. The zero-order chi connectivity index (χ0) is 21.2. The van der Waals surface area contributed by atoms with Crippen molar-refractivity contribution in [3.8, 4) is 0 Å². The molecule has 29 heavy (non-hydrogen) atoms. The smallest absolute Gasteiger partial charge is 0.349 e. The highest BCUT2D eigenvalue weighted by atomic mass is 32.1. The molecule has 1 aromatic heterocycles. The van der Waals surface area contributed by atoms with Gasteiger partial charge >= 0.3 is 6.18 Å². The number of halogens is 3. The minimum atomic E-state index is -4.80. The number of hydrogen-bond acceptors (Lipinski definition) is 5. The van der Waals surface area contributed by atoms with Crippen LogP contribution in [0.4, 0.5) is 13.2 Å². The molecule has 1 aliphatic heterocycles. The number of hydrogen-bond donors (Lipinski definition) is 0. The molecule has 0 fully saturated rings. The minimum Gasteiger partial charge on any atom is -0.349 e. The van der Waals surface area contributed by atoms with Crippen molar-refractivity contribution in [2.24, 2.45) is 5.10 Å². The first-order valence-electron chi connectivity index (χ1n) is 9.18. The zero-order valence-electron chi connectivity index (χ0n) is 16.4. The fraction of sp³-hybridized carbons (Fsp3) is 0.450. The van der Waals surface area contributed by atoms with E-state index in [4.69, 9.17) is 4.74 Å². The topological polar surface area (TPSA) is 54.8 Å². The van der Waals surface area contributed by atoms with Gasteiger partial charge in [0.05, 0.1) is 27.7 Å². The van der Waals surface area contributed by atoms with Crippen LogP contribution >= 0.6 is 11.3 Å². The van der Waals surface area contributed by atoms with Crippen LogP contribution in [0.25, 0.3) is 0 Å². The van der Waals surface area contributed by atoms with Crippen LogP contribution in [-0.2, 0) is 16.0 Å². The van der Waals surface area contributed by atoms with Crippen LogP contribution in [0.5, 0.6) is 0 Å². The highest BCUT2D eigenvalue weighted by Gasteiger charge is 2.65. The normalized spacial score (nSPS) is 19.5. The van der Waals surface area contributed by atoms with Gasteiger partial charge < -0.3 is 4.74 Å². The molecule has 0 N–H and O–H groups in total. The van der Waals surface area contributed by atoms with Crippen LogP contribution in [-0.4, -0.2) is 40.6 Å². The van der Waals surface area contributed by atoms with Crippen molar-refractivity contribution in [1.29, 1.82) is 0 Å². The number of aromatic nitrogens is 1. The first-order valence-corrected chi connectivity index (χ1v) is 10.0. The van der Waals surface area contributed by atoms with Gasteiger partial charge in [0.25, 0.3) is 5.72 Å². The molecule has 0 bridgehead atoms.